The lowest BCUT2D eigenvalue weighted by molar-refractivity contribution is 0.415. The van der Waals surface area contributed by atoms with Crippen molar-refractivity contribution in [2.75, 3.05) is 19.0 Å². The Hall–Kier alpha value is -1.16. The number of amidine groups is 1. The van der Waals surface area contributed by atoms with Crippen LogP contribution in [0.25, 0.3) is 0 Å². The number of methoxy groups -OCH3 is 1. The van der Waals surface area contributed by atoms with Gasteiger partial charge in [-0.05, 0) is 30.7 Å². The summed E-state index contributed by atoms with van der Waals surface area (Å²) in [6.45, 7) is 3.13. The number of aliphatic imine (C=N–C) groups is 1. The lowest BCUT2D eigenvalue weighted by atomic mass is 10.3. The van der Waals surface area contributed by atoms with E-state index < -0.39 is 0 Å². The highest BCUT2D eigenvalue weighted by Crippen LogP contribution is 2.25. The summed E-state index contributed by atoms with van der Waals surface area (Å²) in [5.74, 6) is 0.873. The minimum absolute atomic E-state index is 0.640. The Morgan fingerprint density at radius 2 is 2.19 bits per heavy atom. The standard InChI is InChI=1S/C12H16N2OS/c1-3-11-8-13-12(16-11)14-9-4-6-10(15-2)7-5-9/h4-7,11H,3,8H2,1-2H3,(H,13,14). The number of benzene rings is 1. The molecule has 1 aliphatic rings. The van der Waals surface area contributed by atoms with Crippen LogP contribution < -0.4 is 10.1 Å². The number of nitrogens with zero attached hydrogens (tertiary/aromatic N) is 1. The number of hydrogen-bond acceptors (Lipinski definition) is 4. The molecule has 4 heteroatoms. The number of thioether (sulfide) groups is 1. The molecule has 1 N–H and O–H groups in total. The molecule has 0 fully saturated rings. The predicted octanol–water partition coefficient (Wildman–Crippen LogP) is 2.99. The Bertz CT molecular complexity index is 375. The van der Waals surface area contributed by atoms with Crippen molar-refractivity contribution in [1.29, 1.82) is 0 Å². The zero-order valence-corrected chi connectivity index (χ0v) is 10.4. The van der Waals surface area contributed by atoms with Crippen molar-refractivity contribution in [3.63, 3.8) is 0 Å². The van der Waals surface area contributed by atoms with Crippen molar-refractivity contribution in [3.8, 4) is 5.75 Å². The summed E-state index contributed by atoms with van der Waals surface area (Å²) >= 11 is 1.82. The van der Waals surface area contributed by atoms with E-state index in [2.05, 4.69) is 17.2 Å². The molecule has 0 bridgehead atoms. The van der Waals surface area contributed by atoms with Crippen LogP contribution in [0.4, 0.5) is 5.69 Å². The van der Waals surface area contributed by atoms with Gasteiger partial charge in [0, 0.05) is 10.9 Å². The van der Waals surface area contributed by atoms with Crippen LogP contribution in [-0.4, -0.2) is 24.1 Å². The van der Waals surface area contributed by atoms with Crippen molar-refractivity contribution in [2.45, 2.75) is 18.6 Å². The molecule has 1 aromatic rings. The first kappa shape index (κ1) is 11.3. The van der Waals surface area contributed by atoms with Crippen LogP contribution in [0.2, 0.25) is 0 Å². The minimum atomic E-state index is 0.640. The average Bonchev–Trinajstić information content (AvgIpc) is 2.78. The van der Waals surface area contributed by atoms with Gasteiger partial charge in [0.25, 0.3) is 0 Å². The summed E-state index contributed by atoms with van der Waals surface area (Å²) in [4.78, 5) is 4.46. The van der Waals surface area contributed by atoms with Gasteiger partial charge < -0.3 is 10.1 Å². The fourth-order valence-electron chi connectivity index (χ4n) is 1.50. The van der Waals surface area contributed by atoms with Crippen molar-refractivity contribution >= 4 is 22.6 Å². The molecule has 16 heavy (non-hydrogen) atoms. The summed E-state index contributed by atoms with van der Waals surface area (Å²) < 4.78 is 5.11. The number of rotatable bonds is 3. The zero-order valence-electron chi connectivity index (χ0n) is 9.56. The van der Waals surface area contributed by atoms with Crippen LogP contribution in [0.1, 0.15) is 13.3 Å². The molecule has 1 atom stereocenters. The van der Waals surface area contributed by atoms with Gasteiger partial charge in [0.2, 0.25) is 0 Å². The third kappa shape index (κ3) is 2.70. The van der Waals surface area contributed by atoms with Gasteiger partial charge in [-0.15, -0.1) is 0 Å². The Labute approximate surface area is 100 Å². The summed E-state index contributed by atoms with van der Waals surface area (Å²) in [5, 5.41) is 4.98. The largest absolute Gasteiger partial charge is 0.497 e. The molecule has 0 radical (unpaired) electrons. The Morgan fingerprint density at radius 3 is 2.75 bits per heavy atom. The lowest BCUT2D eigenvalue weighted by Crippen LogP contribution is -2.06. The first-order valence-corrected chi connectivity index (χ1v) is 6.32. The van der Waals surface area contributed by atoms with Crippen LogP contribution in [0.5, 0.6) is 5.75 Å². The first-order chi connectivity index (χ1) is 7.81. The fraction of sp³-hybridized carbons (Fsp3) is 0.417. The topological polar surface area (TPSA) is 33.6 Å². The van der Waals surface area contributed by atoms with E-state index in [0.717, 1.165) is 23.1 Å². The molecule has 0 saturated heterocycles. The average molecular weight is 236 g/mol. The van der Waals surface area contributed by atoms with Gasteiger partial charge in [0.15, 0.2) is 5.17 Å². The van der Waals surface area contributed by atoms with Crippen LogP contribution in [0.15, 0.2) is 29.3 Å². The maximum Gasteiger partial charge on any atom is 0.161 e. The summed E-state index contributed by atoms with van der Waals surface area (Å²) in [7, 11) is 1.67. The van der Waals surface area contributed by atoms with Crippen LogP contribution in [0.3, 0.4) is 0 Å². The lowest BCUT2D eigenvalue weighted by Gasteiger charge is -2.07. The van der Waals surface area contributed by atoms with Crippen molar-refractivity contribution < 1.29 is 4.74 Å². The SMILES string of the molecule is CCC1CN=C(Nc2ccc(OC)cc2)S1. The molecule has 0 aliphatic carbocycles. The van der Waals surface area contributed by atoms with E-state index in [1.165, 1.54) is 6.42 Å². The third-order valence-corrected chi connectivity index (χ3v) is 3.78. The first-order valence-electron chi connectivity index (χ1n) is 5.44. The van der Waals surface area contributed by atoms with E-state index in [1.807, 2.05) is 36.0 Å². The molecular weight excluding hydrogens is 220 g/mol. The molecule has 1 aromatic carbocycles. The van der Waals surface area contributed by atoms with E-state index >= 15 is 0 Å². The normalized spacial score (nSPS) is 19.4. The quantitative estimate of drug-likeness (QED) is 0.876. The molecule has 0 saturated carbocycles. The summed E-state index contributed by atoms with van der Waals surface area (Å²) in [6, 6.07) is 7.89. The van der Waals surface area contributed by atoms with Crippen molar-refractivity contribution in [2.24, 2.45) is 4.99 Å². The van der Waals surface area contributed by atoms with Crippen LogP contribution in [-0.2, 0) is 0 Å². The summed E-state index contributed by atoms with van der Waals surface area (Å²) in [5.41, 5.74) is 1.06. The van der Waals surface area contributed by atoms with E-state index in [0.29, 0.717) is 5.25 Å². The molecule has 1 heterocycles. The number of nitrogens with one attached hydrogen (secondary N) is 1. The molecule has 1 unspecified atom stereocenters. The summed E-state index contributed by atoms with van der Waals surface area (Å²) in [6.07, 6.45) is 1.17. The van der Waals surface area contributed by atoms with Gasteiger partial charge in [-0.25, -0.2) is 0 Å². The molecule has 0 aromatic heterocycles. The van der Waals surface area contributed by atoms with E-state index in [-0.39, 0.29) is 0 Å². The zero-order chi connectivity index (χ0) is 11.4. The second-order valence-electron chi connectivity index (χ2n) is 3.65. The number of anilines is 1. The molecular formula is C12H16N2OS. The van der Waals surface area contributed by atoms with Crippen LogP contribution in [0, 0.1) is 0 Å². The monoisotopic (exact) mass is 236 g/mol. The maximum absolute atomic E-state index is 5.11. The highest BCUT2D eigenvalue weighted by Gasteiger charge is 2.17. The van der Waals surface area contributed by atoms with Gasteiger partial charge in [0.05, 0.1) is 13.7 Å². The number of hydrogen-bond donors (Lipinski definition) is 1. The highest BCUT2D eigenvalue weighted by molar-refractivity contribution is 8.15. The second kappa shape index (κ2) is 5.25. The van der Waals surface area contributed by atoms with Gasteiger partial charge in [-0.2, -0.15) is 0 Å². The van der Waals surface area contributed by atoms with E-state index in [9.17, 15) is 0 Å². The predicted molar refractivity (Wildman–Crippen MR) is 70.6 cm³/mol. The van der Waals surface area contributed by atoms with Gasteiger partial charge in [-0.3, -0.25) is 4.99 Å². The van der Waals surface area contributed by atoms with E-state index in [4.69, 9.17) is 4.74 Å². The molecule has 1 aliphatic heterocycles. The fourth-order valence-corrected chi connectivity index (χ4v) is 2.45. The molecule has 86 valence electrons. The maximum atomic E-state index is 5.11. The molecule has 2 rings (SSSR count). The number of ether oxygens (including phenoxy) is 1. The van der Waals surface area contributed by atoms with Gasteiger partial charge in [-0.1, -0.05) is 18.7 Å². The Balaban J connectivity index is 1.94. The van der Waals surface area contributed by atoms with Gasteiger partial charge >= 0.3 is 0 Å². The third-order valence-electron chi connectivity index (χ3n) is 2.51. The van der Waals surface area contributed by atoms with Gasteiger partial charge in [0.1, 0.15) is 5.75 Å². The minimum Gasteiger partial charge on any atom is -0.497 e. The highest BCUT2D eigenvalue weighted by atomic mass is 32.2. The molecule has 0 spiro atoms. The molecule has 3 nitrogen and oxygen atoms in total. The second-order valence-corrected chi connectivity index (χ2v) is 4.94. The molecule has 0 amide bonds. The smallest absolute Gasteiger partial charge is 0.161 e. The Kier molecular flexibility index (Phi) is 3.72. The van der Waals surface area contributed by atoms with Crippen molar-refractivity contribution in [1.82, 2.24) is 0 Å². The van der Waals surface area contributed by atoms with Crippen molar-refractivity contribution in [3.05, 3.63) is 24.3 Å². The van der Waals surface area contributed by atoms with Crippen LogP contribution >= 0.6 is 11.8 Å². The van der Waals surface area contributed by atoms with E-state index in [1.54, 1.807) is 7.11 Å². The Morgan fingerprint density at radius 1 is 1.44 bits per heavy atom.